The van der Waals surface area contributed by atoms with Gasteiger partial charge in [-0.2, -0.15) is 0 Å². The molecule has 19 heavy (non-hydrogen) atoms. The standard InChI is InChI=1S/C17H27NO/c1-3-11-18(12-4-2)15-8-6-9-16-14(13-15)7-5-10-17(16)19/h5,7,10,15,19H,3-4,6,8-9,11-13H2,1-2H3/t15-/m0/s1. The highest BCUT2D eigenvalue weighted by Gasteiger charge is 2.22. The Morgan fingerprint density at radius 3 is 2.63 bits per heavy atom. The number of benzene rings is 1. The molecule has 0 heterocycles. The molecule has 0 bridgehead atoms. The lowest BCUT2D eigenvalue weighted by Crippen LogP contribution is -2.37. The Bertz CT molecular complexity index is 396. The van der Waals surface area contributed by atoms with Gasteiger partial charge in [0.05, 0.1) is 0 Å². The Labute approximate surface area is 117 Å². The van der Waals surface area contributed by atoms with E-state index in [2.05, 4.69) is 24.8 Å². The van der Waals surface area contributed by atoms with Gasteiger partial charge in [-0.1, -0.05) is 26.0 Å². The van der Waals surface area contributed by atoms with Crippen molar-refractivity contribution in [2.24, 2.45) is 0 Å². The summed E-state index contributed by atoms with van der Waals surface area (Å²) < 4.78 is 0. The van der Waals surface area contributed by atoms with Gasteiger partial charge in [0.2, 0.25) is 0 Å². The van der Waals surface area contributed by atoms with Gasteiger partial charge in [0.1, 0.15) is 5.75 Å². The minimum atomic E-state index is 0.496. The summed E-state index contributed by atoms with van der Waals surface area (Å²) in [5.41, 5.74) is 2.55. The van der Waals surface area contributed by atoms with E-state index in [4.69, 9.17) is 0 Å². The summed E-state index contributed by atoms with van der Waals surface area (Å²) >= 11 is 0. The maximum Gasteiger partial charge on any atom is 0.119 e. The second-order valence-electron chi connectivity index (χ2n) is 5.70. The molecule has 0 spiro atoms. The van der Waals surface area contributed by atoms with Gasteiger partial charge in [0.25, 0.3) is 0 Å². The van der Waals surface area contributed by atoms with Crippen molar-refractivity contribution < 1.29 is 5.11 Å². The molecule has 0 aromatic heterocycles. The number of fused-ring (bicyclic) bond motifs is 1. The minimum absolute atomic E-state index is 0.496. The third kappa shape index (κ3) is 3.50. The Morgan fingerprint density at radius 2 is 1.95 bits per heavy atom. The van der Waals surface area contributed by atoms with E-state index in [1.807, 2.05) is 12.1 Å². The smallest absolute Gasteiger partial charge is 0.119 e. The molecule has 2 heteroatoms. The molecule has 1 aliphatic carbocycles. The van der Waals surface area contributed by atoms with Gasteiger partial charge < -0.3 is 10.0 Å². The fraction of sp³-hybridized carbons (Fsp3) is 0.647. The van der Waals surface area contributed by atoms with E-state index in [0.29, 0.717) is 11.8 Å². The minimum Gasteiger partial charge on any atom is -0.508 e. The summed E-state index contributed by atoms with van der Waals surface area (Å²) in [6, 6.07) is 6.67. The zero-order chi connectivity index (χ0) is 13.7. The molecule has 2 nitrogen and oxygen atoms in total. The zero-order valence-corrected chi connectivity index (χ0v) is 12.4. The Morgan fingerprint density at radius 1 is 1.21 bits per heavy atom. The fourth-order valence-corrected chi connectivity index (χ4v) is 3.33. The largest absolute Gasteiger partial charge is 0.508 e. The summed E-state index contributed by atoms with van der Waals surface area (Å²) in [6.07, 6.45) is 7.04. The molecule has 1 aromatic carbocycles. The molecule has 0 saturated heterocycles. The average molecular weight is 261 g/mol. The van der Waals surface area contributed by atoms with Gasteiger partial charge in [0, 0.05) is 6.04 Å². The van der Waals surface area contributed by atoms with Crippen molar-refractivity contribution in [1.82, 2.24) is 4.90 Å². The third-order valence-electron chi connectivity index (χ3n) is 4.21. The van der Waals surface area contributed by atoms with Crippen LogP contribution in [0.15, 0.2) is 18.2 Å². The molecule has 0 saturated carbocycles. The summed E-state index contributed by atoms with van der Waals surface area (Å²) in [4.78, 5) is 2.65. The molecule has 0 unspecified atom stereocenters. The second-order valence-corrected chi connectivity index (χ2v) is 5.70. The van der Waals surface area contributed by atoms with Crippen LogP contribution in [0, 0.1) is 0 Å². The van der Waals surface area contributed by atoms with Crippen molar-refractivity contribution in [3.63, 3.8) is 0 Å². The lowest BCUT2D eigenvalue weighted by atomic mass is 10.00. The van der Waals surface area contributed by atoms with Crippen LogP contribution >= 0.6 is 0 Å². The highest BCUT2D eigenvalue weighted by Crippen LogP contribution is 2.29. The first kappa shape index (κ1) is 14.4. The zero-order valence-electron chi connectivity index (χ0n) is 12.4. The molecular weight excluding hydrogens is 234 g/mol. The first-order valence-corrected chi connectivity index (χ1v) is 7.80. The average Bonchev–Trinajstić information content (AvgIpc) is 2.62. The number of nitrogens with zero attached hydrogens (tertiary/aromatic N) is 1. The van der Waals surface area contributed by atoms with Crippen molar-refractivity contribution >= 4 is 0 Å². The van der Waals surface area contributed by atoms with Gasteiger partial charge in [-0.15, -0.1) is 0 Å². The summed E-state index contributed by atoms with van der Waals surface area (Å²) in [5.74, 6) is 0.496. The molecular formula is C17H27NO. The quantitative estimate of drug-likeness (QED) is 0.816. The highest BCUT2D eigenvalue weighted by molar-refractivity contribution is 5.40. The van der Waals surface area contributed by atoms with Crippen LogP contribution in [-0.2, 0) is 12.8 Å². The fourth-order valence-electron chi connectivity index (χ4n) is 3.33. The van der Waals surface area contributed by atoms with E-state index in [1.54, 1.807) is 0 Å². The maximum atomic E-state index is 10.00. The molecule has 0 fully saturated rings. The predicted molar refractivity (Wildman–Crippen MR) is 80.7 cm³/mol. The lowest BCUT2D eigenvalue weighted by Gasteiger charge is -2.30. The van der Waals surface area contributed by atoms with Crippen LogP contribution in [0.1, 0.15) is 50.7 Å². The summed E-state index contributed by atoms with van der Waals surface area (Å²) in [6.45, 7) is 6.93. The van der Waals surface area contributed by atoms with Gasteiger partial charge in [-0.05, 0) is 68.8 Å². The van der Waals surface area contributed by atoms with Crippen LogP contribution in [0.3, 0.4) is 0 Å². The number of aromatic hydroxyl groups is 1. The topological polar surface area (TPSA) is 23.5 Å². The molecule has 1 N–H and O–H groups in total. The molecule has 1 aromatic rings. The van der Waals surface area contributed by atoms with Crippen LogP contribution in [0.4, 0.5) is 0 Å². The van der Waals surface area contributed by atoms with E-state index < -0.39 is 0 Å². The Kier molecular flexibility index (Phi) is 5.26. The van der Waals surface area contributed by atoms with Crippen molar-refractivity contribution in [2.75, 3.05) is 13.1 Å². The maximum absolute atomic E-state index is 10.00. The lowest BCUT2D eigenvalue weighted by molar-refractivity contribution is 0.185. The molecule has 2 rings (SSSR count). The van der Waals surface area contributed by atoms with E-state index in [9.17, 15) is 5.11 Å². The first-order chi connectivity index (χ1) is 9.26. The molecule has 1 atom stereocenters. The van der Waals surface area contributed by atoms with Crippen LogP contribution in [-0.4, -0.2) is 29.1 Å². The molecule has 0 aliphatic heterocycles. The van der Waals surface area contributed by atoms with Gasteiger partial charge in [-0.25, -0.2) is 0 Å². The van der Waals surface area contributed by atoms with Gasteiger partial charge in [0.15, 0.2) is 0 Å². The number of rotatable bonds is 5. The first-order valence-electron chi connectivity index (χ1n) is 7.80. The van der Waals surface area contributed by atoms with E-state index in [1.165, 1.54) is 49.9 Å². The molecule has 106 valence electrons. The predicted octanol–water partition coefficient (Wildman–Crippen LogP) is 3.76. The van der Waals surface area contributed by atoms with Crippen molar-refractivity contribution in [1.29, 1.82) is 0 Å². The number of hydrogen-bond donors (Lipinski definition) is 1. The summed E-state index contributed by atoms with van der Waals surface area (Å²) in [7, 11) is 0. The Balaban J connectivity index is 2.16. The second kappa shape index (κ2) is 6.95. The number of phenols is 1. The monoisotopic (exact) mass is 261 g/mol. The van der Waals surface area contributed by atoms with Crippen LogP contribution in [0.25, 0.3) is 0 Å². The highest BCUT2D eigenvalue weighted by atomic mass is 16.3. The number of phenolic OH excluding ortho intramolecular Hbond substituents is 1. The van der Waals surface area contributed by atoms with Crippen LogP contribution in [0.2, 0.25) is 0 Å². The SMILES string of the molecule is CCCN(CCC)[C@H]1CCCc2c(O)cccc2C1. The van der Waals surface area contributed by atoms with Gasteiger partial charge >= 0.3 is 0 Å². The normalized spacial score (nSPS) is 19.2. The van der Waals surface area contributed by atoms with E-state index >= 15 is 0 Å². The molecule has 0 amide bonds. The van der Waals surface area contributed by atoms with Crippen molar-refractivity contribution in [2.45, 2.75) is 58.4 Å². The van der Waals surface area contributed by atoms with Gasteiger partial charge in [-0.3, -0.25) is 0 Å². The number of hydrogen-bond acceptors (Lipinski definition) is 2. The van der Waals surface area contributed by atoms with Crippen LogP contribution < -0.4 is 0 Å². The molecule has 0 radical (unpaired) electrons. The van der Waals surface area contributed by atoms with Crippen molar-refractivity contribution in [3.8, 4) is 5.75 Å². The Hall–Kier alpha value is -1.02. The third-order valence-corrected chi connectivity index (χ3v) is 4.21. The van der Waals surface area contributed by atoms with Crippen molar-refractivity contribution in [3.05, 3.63) is 29.3 Å². The van der Waals surface area contributed by atoms with E-state index in [0.717, 1.165) is 12.8 Å². The van der Waals surface area contributed by atoms with Crippen LogP contribution in [0.5, 0.6) is 5.75 Å². The van der Waals surface area contributed by atoms with E-state index in [-0.39, 0.29) is 0 Å². The summed E-state index contributed by atoms with van der Waals surface area (Å²) in [5, 5.41) is 10.00. The molecule has 1 aliphatic rings.